The van der Waals surface area contributed by atoms with E-state index in [1.807, 2.05) is 58.4 Å². The number of nitrogens with zero attached hydrogens (tertiary/aromatic N) is 5. The van der Waals surface area contributed by atoms with Gasteiger partial charge in [0.05, 0.1) is 12.1 Å². The Balaban J connectivity index is 1.64. The maximum atomic E-state index is 12.4. The van der Waals surface area contributed by atoms with Crippen LogP contribution in [0.25, 0.3) is 33.5 Å². The first-order chi connectivity index (χ1) is 16.1. The third kappa shape index (κ3) is 4.69. The van der Waals surface area contributed by atoms with E-state index in [4.69, 9.17) is 14.5 Å². The number of aromatic amines is 1. The molecule has 0 bridgehead atoms. The van der Waals surface area contributed by atoms with E-state index in [9.17, 15) is 4.79 Å². The topological polar surface area (TPSA) is 98.2 Å². The lowest BCUT2D eigenvalue weighted by Crippen LogP contribution is -2.40. The summed E-state index contributed by atoms with van der Waals surface area (Å²) in [6.45, 7) is 9.94. The summed E-state index contributed by atoms with van der Waals surface area (Å²) in [6, 6.07) is 8.25. The molecular weight excluding hydrogens is 432 g/mol. The Hall–Kier alpha value is -3.62. The molecule has 4 rings (SSSR count). The normalized spacial score (nSPS) is 12.8. The van der Waals surface area contributed by atoms with Gasteiger partial charge in [0.1, 0.15) is 23.9 Å². The van der Waals surface area contributed by atoms with Crippen LogP contribution in [0.1, 0.15) is 39.8 Å². The van der Waals surface area contributed by atoms with Crippen LogP contribution in [-0.4, -0.2) is 60.8 Å². The zero-order chi connectivity index (χ0) is 24.6. The quantitative estimate of drug-likeness (QED) is 0.438. The van der Waals surface area contributed by atoms with Gasteiger partial charge in [0.2, 0.25) is 5.88 Å². The molecule has 0 spiro atoms. The molecule has 1 atom stereocenters. The Morgan fingerprint density at radius 2 is 2.03 bits per heavy atom. The van der Waals surface area contributed by atoms with Crippen molar-refractivity contribution in [2.75, 3.05) is 13.6 Å². The van der Waals surface area contributed by atoms with Crippen LogP contribution in [0.3, 0.4) is 0 Å². The second-order valence-electron chi connectivity index (χ2n) is 9.58. The molecule has 4 aromatic rings. The fraction of sp³-hybridized carbons (Fsp3) is 0.440. The van der Waals surface area contributed by atoms with E-state index >= 15 is 0 Å². The van der Waals surface area contributed by atoms with Gasteiger partial charge >= 0.3 is 6.09 Å². The molecule has 180 valence electrons. The third-order valence-corrected chi connectivity index (χ3v) is 5.57. The van der Waals surface area contributed by atoms with Crippen molar-refractivity contribution in [3.05, 3.63) is 36.3 Å². The number of fused-ring (bicyclic) bond motifs is 2. The number of carbonyl (C=O) groups is 1. The summed E-state index contributed by atoms with van der Waals surface area (Å²) in [5.74, 6) is 1.16. The molecule has 3 aromatic heterocycles. The summed E-state index contributed by atoms with van der Waals surface area (Å²) in [7, 11) is 3.64. The molecule has 1 amide bonds. The zero-order valence-corrected chi connectivity index (χ0v) is 20.8. The van der Waals surface area contributed by atoms with Crippen LogP contribution in [0.15, 0.2) is 30.6 Å². The van der Waals surface area contributed by atoms with Crippen molar-refractivity contribution in [2.24, 2.45) is 7.05 Å². The summed E-state index contributed by atoms with van der Waals surface area (Å²) in [5, 5.41) is 1.13. The van der Waals surface area contributed by atoms with Gasteiger partial charge in [0, 0.05) is 30.7 Å². The highest BCUT2D eigenvalue weighted by Crippen LogP contribution is 2.32. The first kappa shape index (κ1) is 23.5. The number of hydrogen-bond acceptors (Lipinski definition) is 6. The number of nitrogens with one attached hydrogen (secondary N) is 1. The number of aryl methyl sites for hydroxylation is 2. The number of aromatic nitrogens is 5. The maximum Gasteiger partial charge on any atom is 0.410 e. The highest BCUT2D eigenvalue weighted by Gasteiger charge is 2.24. The van der Waals surface area contributed by atoms with E-state index in [-0.39, 0.29) is 6.10 Å². The minimum absolute atomic E-state index is 0.282. The predicted octanol–water partition coefficient (Wildman–Crippen LogP) is 4.84. The molecule has 0 saturated heterocycles. The van der Waals surface area contributed by atoms with Crippen molar-refractivity contribution in [2.45, 2.75) is 52.7 Å². The van der Waals surface area contributed by atoms with E-state index in [0.29, 0.717) is 30.0 Å². The van der Waals surface area contributed by atoms with Crippen LogP contribution in [-0.2, 0) is 11.8 Å². The lowest BCUT2D eigenvalue weighted by atomic mass is 10.1. The van der Waals surface area contributed by atoms with Crippen molar-refractivity contribution in [1.82, 2.24) is 29.4 Å². The Morgan fingerprint density at radius 3 is 2.74 bits per heavy atom. The second kappa shape index (κ2) is 8.96. The average molecular weight is 465 g/mol. The molecule has 34 heavy (non-hydrogen) atoms. The average Bonchev–Trinajstić information content (AvgIpc) is 3.31. The number of benzene rings is 1. The molecule has 0 saturated carbocycles. The molecule has 0 radical (unpaired) electrons. The fourth-order valence-electron chi connectivity index (χ4n) is 3.92. The number of ether oxygens (including phenoxy) is 2. The van der Waals surface area contributed by atoms with Gasteiger partial charge in [-0.1, -0.05) is 19.1 Å². The number of hydrogen-bond donors (Lipinski definition) is 1. The van der Waals surface area contributed by atoms with Crippen LogP contribution < -0.4 is 4.74 Å². The van der Waals surface area contributed by atoms with Gasteiger partial charge in [-0.15, -0.1) is 0 Å². The Morgan fingerprint density at radius 1 is 1.26 bits per heavy atom. The number of amides is 1. The van der Waals surface area contributed by atoms with Crippen molar-refractivity contribution < 1.29 is 14.3 Å². The standard InChI is InChI=1S/C25H32N6O3/c1-8-17(13-30(6)24(32)34-25(3,4)5)33-23-20-22(26-14-27-23)31(7)21(29-20)18-11-9-10-16-12-15(2)28-19(16)18/h9-12,14,17,28H,8,13H2,1-7H3/t17-/m0/s1. The zero-order valence-electron chi connectivity index (χ0n) is 20.8. The fourth-order valence-corrected chi connectivity index (χ4v) is 3.92. The highest BCUT2D eigenvalue weighted by atomic mass is 16.6. The molecule has 0 unspecified atom stereocenters. The van der Waals surface area contributed by atoms with Crippen LogP contribution in [0.2, 0.25) is 0 Å². The summed E-state index contributed by atoms with van der Waals surface area (Å²) in [4.78, 5) is 31.0. The van der Waals surface area contributed by atoms with Gasteiger partial charge in [0.25, 0.3) is 0 Å². The van der Waals surface area contributed by atoms with E-state index < -0.39 is 11.7 Å². The molecule has 1 N–H and O–H groups in total. The molecule has 0 aliphatic carbocycles. The molecule has 9 nitrogen and oxygen atoms in total. The van der Waals surface area contributed by atoms with Crippen LogP contribution in [0.5, 0.6) is 5.88 Å². The molecule has 0 aliphatic heterocycles. The minimum atomic E-state index is -0.558. The van der Waals surface area contributed by atoms with Crippen LogP contribution >= 0.6 is 0 Å². The van der Waals surface area contributed by atoms with Gasteiger partial charge in [-0.2, -0.15) is 4.98 Å². The lowest BCUT2D eigenvalue weighted by molar-refractivity contribution is 0.0223. The summed E-state index contributed by atoms with van der Waals surface area (Å²) < 4.78 is 13.6. The maximum absolute atomic E-state index is 12.4. The summed E-state index contributed by atoms with van der Waals surface area (Å²) >= 11 is 0. The number of likely N-dealkylation sites (N-methyl/N-ethyl adjacent to an activating group) is 1. The van der Waals surface area contributed by atoms with Crippen molar-refractivity contribution in [1.29, 1.82) is 0 Å². The van der Waals surface area contributed by atoms with Crippen LogP contribution in [0, 0.1) is 6.92 Å². The van der Waals surface area contributed by atoms with E-state index in [1.165, 1.54) is 11.2 Å². The SMILES string of the molecule is CC[C@@H](CN(C)C(=O)OC(C)(C)C)Oc1ncnc2c1nc(-c1cccc3cc(C)[nH]c13)n2C. The Labute approximate surface area is 199 Å². The lowest BCUT2D eigenvalue weighted by Gasteiger charge is -2.27. The number of H-pyrrole nitrogens is 1. The van der Waals surface area contributed by atoms with E-state index in [2.05, 4.69) is 27.1 Å². The van der Waals surface area contributed by atoms with Crippen molar-refractivity contribution in [3.63, 3.8) is 0 Å². The largest absolute Gasteiger partial charge is 0.471 e. The second-order valence-corrected chi connectivity index (χ2v) is 9.58. The molecule has 0 fully saturated rings. The third-order valence-electron chi connectivity index (χ3n) is 5.57. The smallest absolute Gasteiger partial charge is 0.410 e. The molecule has 0 aliphatic rings. The molecular formula is C25H32N6O3. The molecule has 3 heterocycles. The van der Waals surface area contributed by atoms with Crippen LogP contribution in [0.4, 0.5) is 4.79 Å². The summed E-state index contributed by atoms with van der Waals surface area (Å²) in [5.41, 5.74) is 3.80. The van der Waals surface area contributed by atoms with Gasteiger partial charge in [-0.3, -0.25) is 0 Å². The van der Waals surface area contributed by atoms with Gasteiger partial charge in [0.15, 0.2) is 11.2 Å². The first-order valence-electron chi connectivity index (χ1n) is 11.4. The van der Waals surface area contributed by atoms with E-state index in [0.717, 1.165) is 28.0 Å². The molecule has 1 aromatic carbocycles. The monoisotopic (exact) mass is 464 g/mol. The Bertz CT molecular complexity index is 1330. The van der Waals surface area contributed by atoms with E-state index in [1.54, 1.807) is 7.05 Å². The number of imidazole rings is 1. The minimum Gasteiger partial charge on any atom is -0.471 e. The number of para-hydroxylation sites is 1. The van der Waals surface area contributed by atoms with Gasteiger partial charge in [-0.05, 0) is 46.2 Å². The molecule has 9 heteroatoms. The number of carbonyl (C=O) groups excluding carboxylic acids is 1. The number of rotatable bonds is 6. The Kier molecular flexibility index (Phi) is 6.20. The van der Waals surface area contributed by atoms with Crippen molar-refractivity contribution in [3.8, 4) is 17.3 Å². The predicted molar refractivity (Wildman–Crippen MR) is 132 cm³/mol. The van der Waals surface area contributed by atoms with Crippen molar-refractivity contribution >= 4 is 28.2 Å². The first-order valence-corrected chi connectivity index (χ1v) is 11.4. The van der Waals surface area contributed by atoms with Gasteiger partial charge < -0.3 is 23.9 Å². The van der Waals surface area contributed by atoms with Gasteiger partial charge in [-0.25, -0.2) is 14.8 Å². The highest BCUT2D eigenvalue weighted by molar-refractivity contribution is 5.95. The summed E-state index contributed by atoms with van der Waals surface area (Å²) in [6.07, 6.45) is 1.49.